The Morgan fingerprint density at radius 1 is 1.33 bits per heavy atom. The maximum Gasteiger partial charge on any atom is 0.244 e. The fourth-order valence-electron chi connectivity index (χ4n) is 4.30. The van der Waals surface area contributed by atoms with Crippen LogP contribution in [0.25, 0.3) is 0 Å². The first-order valence-electron chi connectivity index (χ1n) is 9.78. The molecule has 0 saturated carbocycles. The first kappa shape index (κ1) is 19.7. The van der Waals surface area contributed by atoms with Gasteiger partial charge in [-0.1, -0.05) is 0 Å². The summed E-state index contributed by atoms with van der Waals surface area (Å²) in [6.45, 7) is 5.91. The van der Waals surface area contributed by atoms with Crippen molar-refractivity contribution in [3.8, 4) is 0 Å². The Balaban J connectivity index is 1.64. The highest BCUT2D eigenvalue weighted by Gasteiger charge is 2.42. The van der Waals surface area contributed by atoms with Crippen molar-refractivity contribution in [2.24, 2.45) is 5.41 Å². The number of rotatable bonds is 5. The van der Waals surface area contributed by atoms with Gasteiger partial charge in [0.15, 0.2) is 0 Å². The predicted molar refractivity (Wildman–Crippen MR) is 104 cm³/mol. The molecule has 0 aliphatic carbocycles. The second-order valence-electron chi connectivity index (χ2n) is 8.41. The van der Waals surface area contributed by atoms with Gasteiger partial charge in [0.25, 0.3) is 0 Å². The molecule has 8 heteroatoms. The first-order chi connectivity index (χ1) is 12.8. The van der Waals surface area contributed by atoms with Gasteiger partial charge in [-0.05, 0) is 40.3 Å². The average molecular weight is 377 g/mol. The van der Waals surface area contributed by atoms with Gasteiger partial charge in [0.1, 0.15) is 12.4 Å². The summed E-state index contributed by atoms with van der Waals surface area (Å²) in [5, 5.41) is 4.30. The number of piperidine rings is 2. The van der Waals surface area contributed by atoms with Gasteiger partial charge >= 0.3 is 0 Å². The maximum absolute atomic E-state index is 12.8. The van der Waals surface area contributed by atoms with Gasteiger partial charge in [-0.3, -0.25) is 9.59 Å². The molecule has 2 aliphatic heterocycles. The normalized spacial score (nSPS) is 23.5. The highest BCUT2D eigenvalue weighted by atomic mass is 16.2. The second kappa shape index (κ2) is 7.88. The van der Waals surface area contributed by atoms with Crippen LogP contribution in [-0.2, 0) is 16.1 Å². The zero-order chi connectivity index (χ0) is 19.6. The highest BCUT2D eigenvalue weighted by molar-refractivity contribution is 5.78. The molecule has 1 atom stereocenters. The van der Waals surface area contributed by atoms with Crippen molar-refractivity contribution in [1.29, 1.82) is 0 Å². The monoisotopic (exact) mass is 376 g/mol. The lowest BCUT2D eigenvalue weighted by Crippen LogP contribution is -2.56. The maximum atomic E-state index is 12.8. The summed E-state index contributed by atoms with van der Waals surface area (Å²) in [5.41, 5.74) is 6.77. The van der Waals surface area contributed by atoms with Crippen LogP contribution in [0.15, 0.2) is 6.07 Å². The smallest absolute Gasteiger partial charge is 0.244 e. The topological polar surface area (TPSA) is 87.7 Å². The van der Waals surface area contributed by atoms with Gasteiger partial charge in [-0.15, -0.1) is 0 Å². The minimum atomic E-state index is 0.0275. The Hall–Kier alpha value is -2.09. The largest absolute Gasteiger partial charge is 0.384 e. The zero-order valence-corrected chi connectivity index (χ0v) is 16.8. The van der Waals surface area contributed by atoms with Crippen molar-refractivity contribution < 1.29 is 9.59 Å². The summed E-state index contributed by atoms with van der Waals surface area (Å²) >= 11 is 0. The lowest BCUT2D eigenvalue weighted by atomic mass is 9.73. The van der Waals surface area contributed by atoms with Crippen LogP contribution in [0.2, 0.25) is 0 Å². The Labute approximate surface area is 161 Å². The third-order valence-electron chi connectivity index (χ3n) is 5.80. The summed E-state index contributed by atoms with van der Waals surface area (Å²) in [4.78, 5) is 31.2. The van der Waals surface area contributed by atoms with Crippen LogP contribution in [0.3, 0.4) is 0 Å². The molecule has 0 aromatic carbocycles. The fraction of sp³-hybridized carbons (Fsp3) is 0.737. The molecule has 3 heterocycles. The van der Waals surface area contributed by atoms with E-state index < -0.39 is 0 Å². The summed E-state index contributed by atoms with van der Waals surface area (Å²) in [6, 6.07) is 1.78. The van der Waals surface area contributed by atoms with E-state index in [1.807, 2.05) is 30.8 Å². The van der Waals surface area contributed by atoms with Crippen molar-refractivity contribution in [1.82, 2.24) is 24.5 Å². The van der Waals surface area contributed by atoms with Crippen LogP contribution in [0, 0.1) is 12.3 Å². The number of likely N-dealkylation sites (tertiary alicyclic amines) is 2. The SMILES string of the molecule is Cc1cc(N)n(CC(=O)N2CCCC3(CCC(=O)N(CCN(C)C)C3)C2)n1. The molecule has 27 heavy (non-hydrogen) atoms. The average Bonchev–Trinajstić information content (AvgIpc) is 2.93. The lowest BCUT2D eigenvalue weighted by Gasteiger charge is -2.48. The third kappa shape index (κ3) is 4.61. The predicted octanol–water partition coefficient (Wildman–Crippen LogP) is 0.567. The van der Waals surface area contributed by atoms with Crippen LogP contribution < -0.4 is 5.73 Å². The molecule has 1 unspecified atom stereocenters. The number of nitrogens with two attached hydrogens (primary N) is 1. The number of aryl methyl sites for hydroxylation is 1. The van der Waals surface area contributed by atoms with Gasteiger partial charge in [-0.25, -0.2) is 4.68 Å². The highest BCUT2D eigenvalue weighted by Crippen LogP contribution is 2.38. The summed E-state index contributed by atoms with van der Waals surface area (Å²) in [5.74, 6) is 0.817. The second-order valence-corrected chi connectivity index (χ2v) is 8.41. The van der Waals surface area contributed by atoms with E-state index in [-0.39, 0.29) is 23.8 Å². The van der Waals surface area contributed by atoms with Gasteiger partial charge in [0.05, 0.1) is 5.69 Å². The number of anilines is 1. The van der Waals surface area contributed by atoms with Crippen LogP contribution >= 0.6 is 0 Å². The number of nitrogen functional groups attached to an aromatic ring is 1. The van der Waals surface area contributed by atoms with E-state index in [0.717, 1.165) is 57.7 Å². The van der Waals surface area contributed by atoms with E-state index in [1.54, 1.807) is 10.7 Å². The third-order valence-corrected chi connectivity index (χ3v) is 5.80. The van der Waals surface area contributed by atoms with E-state index >= 15 is 0 Å². The van der Waals surface area contributed by atoms with Gasteiger partial charge < -0.3 is 20.4 Å². The number of hydrogen-bond donors (Lipinski definition) is 1. The zero-order valence-electron chi connectivity index (χ0n) is 16.8. The molecular formula is C19H32N6O2. The Kier molecular flexibility index (Phi) is 5.74. The van der Waals surface area contributed by atoms with Crippen molar-refractivity contribution in [2.45, 2.75) is 39.2 Å². The van der Waals surface area contributed by atoms with E-state index in [2.05, 4.69) is 10.00 Å². The number of hydrogen-bond acceptors (Lipinski definition) is 5. The van der Waals surface area contributed by atoms with Crippen LogP contribution in [0.4, 0.5) is 5.82 Å². The summed E-state index contributed by atoms with van der Waals surface area (Å²) in [7, 11) is 4.04. The number of carbonyl (C=O) groups excluding carboxylic acids is 2. The molecule has 0 bridgehead atoms. The summed E-state index contributed by atoms with van der Waals surface area (Å²) < 4.78 is 1.58. The van der Waals surface area contributed by atoms with E-state index in [0.29, 0.717) is 12.2 Å². The molecule has 2 fully saturated rings. The van der Waals surface area contributed by atoms with Crippen molar-refractivity contribution in [2.75, 3.05) is 52.6 Å². The molecule has 2 saturated heterocycles. The molecule has 3 rings (SSSR count). The molecule has 2 aliphatic rings. The fourth-order valence-corrected chi connectivity index (χ4v) is 4.30. The molecule has 1 spiro atoms. The van der Waals surface area contributed by atoms with Gasteiger partial charge in [-0.2, -0.15) is 5.10 Å². The van der Waals surface area contributed by atoms with Crippen LogP contribution in [0.1, 0.15) is 31.4 Å². The molecule has 1 aromatic heterocycles. The van der Waals surface area contributed by atoms with Crippen molar-refractivity contribution in [3.63, 3.8) is 0 Å². The molecule has 2 N–H and O–H groups in total. The summed E-state index contributed by atoms with van der Waals surface area (Å²) in [6.07, 6.45) is 3.51. The Morgan fingerprint density at radius 2 is 2.11 bits per heavy atom. The molecule has 2 amide bonds. The minimum Gasteiger partial charge on any atom is -0.384 e. The first-order valence-corrected chi connectivity index (χ1v) is 9.78. The number of carbonyl (C=O) groups is 2. The number of aromatic nitrogens is 2. The number of nitrogens with zero attached hydrogens (tertiary/aromatic N) is 5. The lowest BCUT2D eigenvalue weighted by molar-refractivity contribution is -0.143. The van der Waals surface area contributed by atoms with Crippen LogP contribution in [0.5, 0.6) is 0 Å². The number of amides is 2. The molecule has 0 radical (unpaired) electrons. The Morgan fingerprint density at radius 3 is 2.78 bits per heavy atom. The molecule has 150 valence electrons. The van der Waals surface area contributed by atoms with Crippen molar-refractivity contribution in [3.05, 3.63) is 11.8 Å². The van der Waals surface area contributed by atoms with Crippen LogP contribution in [-0.4, -0.2) is 83.1 Å². The minimum absolute atomic E-state index is 0.0275. The Bertz CT molecular complexity index is 700. The van der Waals surface area contributed by atoms with Crippen molar-refractivity contribution >= 4 is 17.6 Å². The number of likely N-dealkylation sites (N-methyl/N-ethyl adjacent to an activating group) is 1. The molecular weight excluding hydrogens is 344 g/mol. The molecule has 8 nitrogen and oxygen atoms in total. The quantitative estimate of drug-likeness (QED) is 0.812. The van der Waals surface area contributed by atoms with Gasteiger partial charge in [0, 0.05) is 50.6 Å². The van der Waals surface area contributed by atoms with E-state index in [1.165, 1.54) is 0 Å². The molecule has 1 aromatic rings. The van der Waals surface area contributed by atoms with E-state index in [4.69, 9.17) is 5.73 Å². The van der Waals surface area contributed by atoms with Gasteiger partial charge in [0.2, 0.25) is 11.8 Å². The standard InChI is InChI=1S/C19H32N6O2/c1-15-11-16(20)25(21-15)12-18(27)23-8-4-6-19(13-23)7-5-17(26)24(14-19)10-9-22(2)3/h11H,4-10,12-14,20H2,1-3H3. The van der Waals surface area contributed by atoms with E-state index in [9.17, 15) is 9.59 Å².